The summed E-state index contributed by atoms with van der Waals surface area (Å²) in [5.41, 5.74) is -0.423. The first kappa shape index (κ1) is 9.26. The molecule has 0 radical (unpaired) electrons. The average molecular weight is 180 g/mol. The molecule has 13 heavy (non-hydrogen) atoms. The van der Waals surface area contributed by atoms with Gasteiger partial charge in [-0.2, -0.15) is 0 Å². The van der Waals surface area contributed by atoms with Gasteiger partial charge in [0.1, 0.15) is 0 Å². The van der Waals surface area contributed by atoms with E-state index in [1.54, 1.807) is 0 Å². The first-order valence-electron chi connectivity index (χ1n) is 5.51. The molecule has 1 saturated carbocycles. The molecule has 1 N–H and O–H groups in total. The number of rotatable bonds is 0. The summed E-state index contributed by atoms with van der Waals surface area (Å²) in [5, 5.41) is 10.4. The number of hydrogen-bond donors (Lipinski definition) is 1. The third-order valence-corrected chi connectivity index (χ3v) is 4.23. The number of allylic oxidation sites excluding steroid dienone is 2. The molecule has 0 spiro atoms. The molecule has 0 saturated heterocycles. The quantitative estimate of drug-likeness (QED) is 0.568. The van der Waals surface area contributed by atoms with E-state index in [2.05, 4.69) is 19.1 Å². The maximum Gasteiger partial charge on any atom is 0.0678 e. The number of hydrogen-bond acceptors (Lipinski definition) is 1. The summed E-state index contributed by atoms with van der Waals surface area (Å²) in [5.74, 6) is 1.64. The maximum absolute atomic E-state index is 10.4. The summed E-state index contributed by atoms with van der Waals surface area (Å²) in [6.07, 6.45) is 9.40. The van der Waals surface area contributed by atoms with E-state index in [1.807, 2.05) is 6.92 Å². The summed E-state index contributed by atoms with van der Waals surface area (Å²) in [4.78, 5) is 0. The van der Waals surface area contributed by atoms with Crippen LogP contribution in [0.1, 0.15) is 39.5 Å². The van der Waals surface area contributed by atoms with Crippen LogP contribution in [-0.4, -0.2) is 10.7 Å². The van der Waals surface area contributed by atoms with Crippen LogP contribution in [0.5, 0.6) is 0 Å². The summed E-state index contributed by atoms with van der Waals surface area (Å²) in [6.45, 7) is 4.22. The van der Waals surface area contributed by atoms with Gasteiger partial charge in [-0.25, -0.2) is 0 Å². The molecule has 2 rings (SSSR count). The molecule has 4 unspecified atom stereocenters. The zero-order chi connectivity index (χ0) is 9.47. The van der Waals surface area contributed by atoms with Crippen molar-refractivity contribution in [3.8, 4) is 0 Å². The topological polar surface area (TPSA) is 20.2 Å². The van der Waals surface area contributed by atoms with Gasteiger partial charge in [0.05, 0.1) is 5.60 Å². The Bertz CT molecular complexity index is 217. The molecule has 1 nitrogen and oxygen atoms in total. The predicted octanol–water partition coefficient (Wildman–Crippen LogP) is 2.75. The van der Waals surface area contributed by atoms with Crippen LogP contribution in [0.2, 0.25) is 0 Å². The lowest BCUT2D eigenvalue weighted by atomic mass is 9.62. The molecule has 2 aliphatic carbocycles. The second-order valence-corrected chi connectivity index (χ2v) is 4.98. The highest BCUT2D eigenvalue weighted by Gasteiger charge is 2.44. The first-order chi connectivity index (χ1) is 6.12. The molecule has 1 fully saturated rings. The van der Waals surface area contributed by atoms with Crippen molar-refractivity contribution in [2.45, 2.75) is 45.1 Å². The SMILES string of the molecule is CC1CCC2C=CCCC2C1(C)O. The highest BCUT2D eigenvalue weighted by Crippen LogP contribution is 2.46. The zero-order valence-electron chi connectivity index (χ0n) is 8.66. The second-order valence-electron chi connectivity index (χ2n) is 4.98. The van der Waals surface area contributed by atoms with Crippen LogP contribution in [0, 0.1) is 17.8 Å². The van der Waals surface area contributed by atoms with E-state index in [0.29, 0.717) is 17.8 Å². The highest BCUT2D eigenvalue weighted by molar-refractivity contribution is 5.06. The third-order valence-electron chi connectivity index (χ3n) is 4.23. The fourth-order valence-corrected chi connectivity index (χ4v) is 3.02. The lowest BCUT2D eigenvalue weighted by molar-refractivity contribution is -0.0931. The predicted molar refractivity (Wildman–Crippen MR) is 54.4 cm³/mol. The Labute approximate surface area is 80.8 Å². The van der Waals surface area contributed by atoms with Gasteiger partial charge in [-0.05, 0) is 50.4 Å². The Balaban J connectivity index is 2.21. The van der Waals surface area contributed by atoms with E-state index in [-0.39, 0.29) is 0 Å². The summed E-state index contributed by atoms with van der Waals surface area (Å²) < 4.78 is 0. The molecule has 0 aliphatic heterocycles. The lowest BCUT2D eigenvalue weighted by Gasteiger charge is -2.47. The number of aliphatic hydroxyl groups is 1. The molecule has 74 valence electrons. The van der Waals surface area contributed by atoms with Gasteiger partial charge >= 0.3 is 0 Å². The van der Waals surface area contributed by atoms with Crippen molar-refractivity contribution >= 4 is 0 Å². The fraction of sp³-hybridized carbons (Fsp3) is 0.833. The van der Waals surface area contributed by atoms with Crippen LogP contribution in [-0.2, 0) is 0 Å². The van der Waals surface area contributed by atoms with Crippen molar-refractivity contribution in [2.24, 2.45) is 17.8 Å². The maximum atomic E-state index is 10.4. The van der Waals surface area contributed by atoms with E-state index in [4.69, 9.17) is 0 Å². The van der Waals surface area contributed by atoms with Gasteiger partial charge in [-0.3, -0.25) is 0 Å². The Morgan fingerprint density at radius 2 is 2.08 bits per heavy atom. The highest BCUT2D eigenvalue weighted by atomic mass is 16.3. The van der Waals surface area contributed by atoms with E-state index in [9.17, 15) is 5.11 Å². The van der Waals surface area contributed by atoms with Gasteiger partial charge in [-0.1, -0.05) is 19.1 Å². The zero-order valence-corrected chi connectivity index (χ0v) is 8.66. The standard InChI is InChI=1S/C12H20O/c1-9-7-8-10-5-3-4-6-11(10)12(9,2)13/h3,5,9-11,13H,4,6-8H2,1-2H3. The molecule has 0 bridgehead atoms. The molecule has 4 atom stereocenters. The first-order valence-corrected chi connectivity index (χ1v) is 5.51. The van der Waals surface area contributed by atoms with E-state index >= 15 is 0 Å². The van der Waals surface area contributed by atoms with Crippen LogP contribution in [0.4, 0.5) is 0 Å². The summed E-state index contributed by atoms with van der Waals surface area (Å²) >= 11 is 0. The van der Waals surface area contributed by atoms with E-state index in [1.165, 1.54) is 19.3 Å². The van der Waals surface area contributed by atoms with Crippen LogP contribution in [0.3, 0.4) is 0 Å². The largest absolute Gasteiger partial charge is 0.390 e. The van der Waals surface area contributed by atoms with Gasteiger partial charge in [0.2, 0.25) is 0 Å². The van der Waals surface area contributed by atoms with Crippen molar-refractivity contribution in [1.29, 1.82) is 0 Å². The number of fused-ring (bicyclic) bond motifs is 1. The van der Waals surface area contributed by atoms with E-state index in [0.717, 1.165) is 6.42 Å². The van der Waals surface area contributed by atoms with Gasteiger partial charge in [0.15, 0.2) is 0 Å². The van der Waals surface area contributed by atoms with Crippen LogP contribution < -0.4 is 0 Å². The Kier molecular flexibility index (Phi) is 2.23. The van der Waals surface area contributed by atoms with Crippen molar-refractivity contribution in [1.82, 2.24) is 0 Å². The van der Waals surface area contributed by atoms with Gasteiger partial charge < -0.3 is 5.11 Å². The summed E-state index contributed by atoms with van der Waals surface area (Å²) in [7, 11) is 0. The molecule has 0 aromatic carbocycles. The molecule has 0 amide bonds. The van der Waals surface area contributed by atoms with E-state index < -0.39 is 5.60 Å². The fourth-order valence-electron chi connectivity index (χ4n) is 3.02. The second kappa shape index (κ2) is 3.13. The lowest BCUT2D eigenvalue weighted by Crippen LogP contribution is -2.48. The molecule has 1 heteroatoms. The third kappa shape index (κ3) is 1.43. The Morgan fingerprint density at radius 1 is 1.31 bits per heavy atom. The molecule has 2 aliphatic rings. The minimum absolute atomic E-state index is 0.423. The van der Waals surface area contributed by atoms with Crippen LogP contribution >= 0.6 is 0 Å². The normalized spacial score (nSPS) is 50.2. The van der Waals surface area contributed by atoms with Gasteiger partial charge in [-0.15, -0.1) is 0 Å². The van der Waals surface area contributed by atoms with Gasteiger partial charge in [0, 0.05) is 0 Å². The molecule has 0 heterocycles. The Morgan fingerprint density at radius 3 is 2.85 bits per heavy atom. The molecular formula is C12H20O. The average Bonchev–Trinajstić information content (AvgIpc) is 2.13. The van der Waals surface area contributed by atoms with Crippen LogP contribution in [0.15, 0.2) is 12.2 Å². The smallest absolute Gasteiger partial charge is 0.0678 e. The minimum atomic E-state index is -0.423. The van der Waals surface area contributed by atoms with Crippen molar-refractivity contribution in [3.63, 3.8) is 0 Å². The molecular weight excluding hydrogens is 160 g/mol. The van der Waals surface area contributed by atoms with Crippen LogP contribution in [0.25, 0.3) is 0 Å². The summed E-state index contributed by atoms with van der Waals surface area (Å²) in [6, 6.07) is 0. The minimum Gasteiger partial charge on any atom is -0.390 e. The monoisotopic (exact) mass is 180 g/mol. The molecule has 0 aromatic rings. The Hall–Kier alpha value is -0.300. The van der Waals surface area contributed by atoms with Gasteiger partial charge in [0.25, 0.3) is 0 Å². The van der Waals surface area contributed by atoms with Crippen molar-refractivity contribution in [3.05, 3.63) is 12.2 Å². The van der Waals surface area contributed by atoms with Crippen molar-refractivity contribution < 1.29 is 5.11 Å². The molecule has 0 aromatic heterocycles. The van der Waals surface area contributed by atoms with Crippen molar-refractivity contribution in [2.75, 3.05) is 0 Å².